The van der Waals surface area contributed by atoms with E-state index in [4.69, 9.17) is 10.7 Å². The number of nitrogens with one attached hydrogen (secondary N) is 1. The second kappa shape index (κ2) is 8.16. The summed E-state index contributed by atoms with van der Waals surface area (Å²) in [5.41, 5.74) is 10.4. The molecule has 0 saturated carbocycles. The molecule has 2 atom stereocenters. The van der Waals surface area contributed by atoms with E-state index in [9.17, 15) is 9.90 Å². The van der Waals surface area contributed by atoms with Gasteiger partial charge in [-0.15, -0.1) is 0 Å². The lowest BCUT2D eigenvalue weighted by Crippen LogP contribution is -2.55. The molecule has 2 aromatic heterocycles. The van der Waals surface area contributed by atoms with E-state index in [1.54, 1.807) is 12.1 Å². The number of fused-ring (bicyclic) bond motifs is 1. The van der Waals surface area contributed by atoms with Gasteiger partial charge in [0.15, 0.2) is 5.65 Å². The number of benzene rings is 1. The average Bonchev–Trinajstić information content (AvgIpc) is 3.10. The molecule has 7 heteroatoms. The van der Waals surface area contributed by atoms with Crippen molar-refractivity contribution in [2.75, 3.05) is 13.1 Å². The van der Waals surface area contributed by atoms with Crippen molar-refractivity contribution in [2.45, 2.75) is 51.1 Å². The van der Waals surface area contributed by atoms with Gasteiger partial charge >= 0.3 is 0 Å². The lowest BCUT2D eigenvalue weighted by molar-refractivity contribution is -0.113. The van der Waals surface area contributed by atoms with E-state index in [0.717, 1.165) is 66.4 Å². The maximum absolute atomic E-state index is 12.4. The third kappa shape index (κ3) is 3.82. The molecule has 7 nitrogen and oxygen atoms in total. The fourth-order valence-electron chi connectivity index (χ4n) is 4.71. The summed E-state index contributed by atoms with van der Waals surface area (Å²) in [6.45, 7) is 5.62. The number of phenolic OH excluding ortho intramolecular Hbond substituents is 1. The molecule has 0 spiro atoms. The number of pyridine rings is 1. The molecule has 1 aliphatic heterocycles. The lowest BCUT2D eigenvalue weighted by Gasteiger charge is -2.42. The van der Waals surface area contributed by atoms with E-state index in [2.05, 4.69) is 22.0 Å². The Hall–Kier alpha value is -2.77. The molecular weight excluding hydrogens is 378 g/mol. The number of hydrogen-bond donors (Lipinski definition) is 3. The number of piperidine rings is 1. The van der Waals surface area contributed by atoms with Crippen molar-refractivity contribution in [2.24, 2.45) is 5.73 Å². The Balaban J connectivity index is 1.80. The Labute approximate surface area is 176 Å². The van der Waals surface area contributed by atoms with Gasteiger partial charge in [-0.25, -0.2) is 4.98 Å². The Morgan fingerprint density at radius 1 is 1.37 bits per heavy atom. The van der Waals surface area contributed by atoms with E-state index in [1.807, 2.05) is 25.1 Å². The smallest absolute Gasteiger partial charge is 0.182 e. The summed E-state index contributed by atoms with van der Waals surface area (Å²) in [5, 5.41) is 17.9. The van der Waals surface area contributed by atoms with Crippen molar-refractivity contribution < 1.29 is 9.90 Å². The Morgan fingerprint density at radius 2 is 2.13 bits per heavy atom. The van der Waals surface area contributed by atoms with Crippen LogP contribution in [-0.4, -0.2) is 50.1 Å². The number of nitrogens with zero attached hydrogens (tertiary/aromatic N) is 3. The van der Waals surface area contributed by atoms with Gasteiger partial charge in [0.05, 0.1) is 11.7 Å². The molecule has 1 aromatic carbocycles. The van der Waals surface area contributed by atoms with Gasteiger partial charge in [0.1, 0.15) is 12.0 Å². The van der Waals surface area contributed by atoms with Crippen molar-refractivity contribution in [3.63, 3.8) is 0 Å². The number of hydrogen-bond acceptors (Lipinski definition) is 6. The van der Waals surface area contributed by atoms with Crippen LogP contribution < -0.4 is 5.73 Å². The van der Waals surface area contributed by atoms with E-state index < -0.39 is 6.04 Å². The Kier molecular flexibility index (Phi) is 5.58. The summed E-state index contributed by atoms with van der Waals surface area (Å²) in [6.07, 6.45) is 4.95. The molecule has 0 bridgehead atoms. The number of phenols is 1. The van der Waals surface area contributed by atoms with Gasteiger partial charge < -0.3 is 15.6 Å². The maximum atomic E-state index is 12.4. The first-order valence-electron chi connectivity index (χ1n) is 10.6. The van der Waals surface area contributed by atoms with E-state index in [-0.39, 0.29) is 11.3 Å². The number of aromatic amines is 1. The maximum Gasteiger partial charge on any atom is 0.182 e. The predicted molar refractivity (Wildman–Crippen MR) is 117 cm³/mol. The molecule has 4 N–H and O–H groups in total. The molecular formula is C23H29N5O2. The fourth-order valence-corrected chi connectivity index (χ4v) is 4.71. The summed E-state index contributed by atoms with van der Waals surface area (Å²) >= 11 is 0. The Morgan fingerprint density at radius 3 is 2.83 bits per heavy atom. The first kappa shape index (κ1) is 20.5. The van der Waals surface area contributed by atoms with Crippen LogP contribution in [0.2, 0.25) is 0 Å². The zero-order chi connectivity index (χ0) is 21.3. The first-order valence-corrected chi connectivity index (χ1v) is 10.6. The molecule has 0 radical (unpaired) electrons. The topological polar surface area (TPSA) is 108 Å². The van der Waals surface area contributed by atoms with Crippen LogP contribution in [0.4, 0.5) is 0 Å². The van der Waals surface area contributed by atoms with Crippen LogP contribution in [0.5, 0.6) is 5.75 Å². The highest BCUT2D eigenvalue weighted by atomic mass is 16.3. The lowest BCUT2D eigenvalue weighted by atomic mass is 9.84. The second-order valence-electron chi connectivity index (χ2n) is 8.46. The number of carbonyl (C=O) groups is 1. The number of aromatic nitrogens is 3. The number of likely N-dealkylation sites (tertiary alicyclic amines) is 1. The molecule has 0 aliphatic carbocycles. The third-order valence-corrected chi connectivity index (χ3v) is 6.13. The van der Waals surface area contributed by atoms with Crippen LogP contribution in [0, 0.1) is 6.92 Å². The van der Waals surface area contributed by atoms with Crippen LogP contribution >= 0.6 is 0 Å². The van der Waals surface area contributed by atoms with Crippen LogP contribution in [0.25, 0.3) is 22.3 Å². The molecule has 3 aromatic rings. The molecule has 2 unspecified atom stereocenters. The van der Waals surface area contributed by atoms with Gasteiger partial charge in [0.25, 0.3) is 0 Å². The summed E-state index contributed by atoms with van der Waals surface area (Å²) < 4.78 is 0. The van der Waals surface area contributed by atoms with Gasteiger partial charge in [0, 0.05) is 28.7 Å². The van der Waals surface area contributed by atoms with Gasteiger partial charge in [-0.1, -0.05) is 13.3 Å². The van der Waals surface area contributed by atoms with Crippen LogP contribution in [-0.2, 0) is 4.79 Å². The molecule has 1 fully saturated rings. The third-order valence-electron chi connectivity index (χ3n) is 6.13. The normalized spacial score (nSPS) is 21.0. The highest BCUT2D eigenvalue weighted by molar-refractivity contribution is 5.88. The van der Waals surface area contributed by atoms with Gasteiger partial charge in [0.2, 0.25) is 0 Å². The van der Waals surface area contributed by atoms with Crippen LogP contribution in [0.15, 0.2) is 30.3 Å². The molecule has 1 saturated heterocycles. The summed E-state index contributed by atoms with van der Waals surface area (Å²) in [4.78, 5) is 19.3. The highest BCUT2D eigenvalue weighted by Gasteiger charge is 2.35. The number of H-pyrrole nitrogens is 1. The van der Waals surface area contributed by atoms with Gasteiger partial charge in [-0.2, -0.15) is 5.10 Å². The van der Waals surface area contributed by atoms with Gasteiger partial charge in [-0.3, -0.25) is 10.00 Å². The van der Waals surface area contributed by atoms with Crippen LogP contribution in [0.1, 0.15) is 49.9 Å². The molecule has 30 heavy (non-hydrogen) atoms. The number of carbonyl (C=O) groups excluding carboxylic acids is 1. The standard InChI is InChI=1S/C23H29N5O2/c1-3-9-23(24)10-4-11-28(14-23)20(13-29)18-12-19(16-5-7-17(30)8-6-16)25-22-21(18)15(2)26-27-22/h5-8,12-13,20,30H,3-4,9-11,14,24H2,1-2H3,(H,25,26,27). The molecule has 1 aliphatic rings. The molecule has 4 rings (SSSR count). The van der Waals surface area contributed by atoms with Crippen molar-refractivity contribution in [3.8, 4) is 17.0 Å². The minimum absolute atomic E-state index is 0.199. The second-order valence-corrected chi connectivity index (χ2v) is 8.46. The van der Waals surface area contributed by atoms with Crippen molar-refractivity contribution in [1.29, 1.82) is 0 Å². The largest absolute Gasteiger partial charge is 0.508 e. The van der Waals surface area contributed by atoms with E-state index >= 15 is 0 Å². The quantitative estimate of drug-likeness (QED) is 0.540. The molecule has 158 valence electrons. The number of nitrogens with two attached hydrogens (primary N) is 1. The zero-order valence-corrected chi connectivity index (χ0v) is 17.6. The van der Waals surface area contributed by atoms with E-state index in [1.165, 1.54) is 0 Å². The predicted octanol–water partition coefficient (Wildman–Crippen LogP) is 3.47. The summed E-state index contributed by atoms with van der Waals surface area (Å²) in [6, 6.07) is 8.45. The van der Waals surface area contributed by atoms with Crippen molar-refractivity contribution in [3.05, 3.63) is 41.6 Å². The fraction of sp³-hybridized carbons (Fsp3) is 0.435. The van der Waals surface area contributed by atoms with Gasteiger partial charge in [-0.05, 0) is 68.6 Å². The van der Waals surface area contributed by atoms with Crippen LogP contribution in [0.3, 0.4) is 0 Å². The Bertz CT molecular complexity index is 1040. The van der Waals surface area contributed by atoms with Crippen molar-refractivity contribution in [1.82, 2.24) is 20.1 Å². The average molecular weight is 408 g/mol. The van der Waals surface area contributed by atoms with E-state index in [0.29, 0.717) is 12.2 Å². The molecule has 0 amide bonds. The minimum Gasteiger partial charge on any atom is -0.508 e. The van der Waals surface area contributed by atoms with Crippen molar-refractivity contribution >= 4 is 17.3 Å². The first-order chi connectivity index (χ1) is 14.4. The minimum atomic E-state index is -0.414. The summed E-state index contributed by atoms with van der Waals surface area (Å²) in [5.74, 6) is 0.199. The highest BCUT2D eigenvalue weighted by Crippen LogP contribution is 2.35. The number of rotatable bonds is 6. The molecule has 3 heterocycles. The SMILES string of the molecule is CCCC1(N)CCCN(C(C=O)c2cc(-c3ccc(O)cc3)nc3n[nH]c(C)c23)C1. The number of aryl methyl sites for hydroxylation is 1. The number of aromatic hydroxyl groups is 1. The number of aldehydes is 1. The monoisotopic (exact) mass is 407 g/mol. The zero-order valence-electron chi connectivity index (χ0n) is 17.6. The summed E-state index contributed by atoms with van der Waals surface area (Å²) in [7, 11) is 0.